The summed E-state index contributed by atoms with van der Waals surface area (Å²) in [6.45, 7) is 4.28. The Hall–Kier alpha value is -0.610. The average molecular weight is 172 g/mol. The van der Waals surface area contributed by atoms with Gasteiger partial charge in [-0.3, -0.25) is 4.79 Å². The van der Waals surface area contributed by atoms with Gasteiger partial charge in [0.15, 0.2) is 0 Å². The first-order valence-electron chi connectivity index (χ1n) is 4.29. The lowest BCUT2D eigenvalue weighted by atomic mass is 9.99. The van der Waals surface area contributed by atoms with Crippen molar-refractivity contribution in [3.8, 4) is 0 Å². The fraction of sp³-hybridized carbons (Fsp3) is 0.875. The number of nitrogens with one attached hydrogen (secondary N) is 2. The van der Waals surface area contributed by atoms with E-state index >= 15 is 0 Å². The SMILES string of the molecule is C[C@H](O)NC(=O)C1(C)CCCN1. The van der Waals surface area contributed by atoms with Crippen molar-refractivity contribution in [3.63, 3.8) is 0 Å². The van der Waals surface area contributed by atoms with E-state index in [1.807, 2.05) is 6.92 Å². The lowest BCUT2D eigenvalue weighted by Gasteiger charge is -2.23. The summed E-state index contributed by atoms with van der Waals surface area (Å²) in [5.41, 5.74) is -0.475. The van der Waals surface area contributed by atoms with E-state index < -0.39 is 11.8 Å². The molecule has 1 heterocycles. The predicted molar refractivity (Wildman–Crippen MR) is 45.5 cm³/mol. The zero-order valence-electron chi connectivity index (χ0n) is 7.55. The van der Waals surface area contributed by atoms with E-state index in [1.54, 1.807) is 0 Å². The van der Waals surface area contributed by atoms with Crippen LogP contribution in [-0.4, -0.2) is 29.3 Å². The molecule has 0 aromatic carbocycles. The van der Waals surface area contributed by atoms with E-state index in [0.717, 1.165) is 19.4 Å². The molecule has 1 amide bonds. The lowest BCUT2D eigenvalue weighted by molar-refractivity contribution is -0.129. The molecule has 12 heavy (non-hydrogen) atoms. The van der Waals surface area contributed by atoms with Gasteiger partial charge in [0.05, 0.1) is 5.54 Å². The lowest BCUT2D eigenvalue weighted by Crippen LogP contribution is -2.53. The van der Waals surface area contributed by atoms with Gasteiger partial charge < -0.3 is 15.7 Å². The van der Waals surface area contributed by atoms with Crippen LogP contribution < -0.4 is 10.6 Å². The first-order chi connectivity index (χ1) is 5.54. The second kappa shape index (κ2) is 3.41. The Kier molecular flexibility index (Phi) is 2.69. The van der Waals surface area contributed by atoms with Crippen LogP contribution in [0.3, 0.4) is 0 Å². The van der Waals surface area contributed by atoms with Crippen LogP contribution in [0.25, 0.3) is 0 Å². The molecular formula is C8H16N2O2. The van der Waals surface area contributed by atoms with Crippen molar-refractivity contribution in [2.75, 3.05) is 6.54 Å². The zero-order chi connectivity index (χ0) is 9.19. The van der Waals surface area contributed by atoms with Crippen LogP contribution >= 0.6 is 0 Å². The molecule has 0 bridgehead atoms. The second-order valence-corrected chi connectivity index (χ2v) is 3.51. The fourth-order valence-electron chi connectivity index (χ4n) is 1.44. The van der Waals surface area contributed by atoms with Gasteiger partial charge in [-0.1, -0.05) is 0 Å². The van der Waals surface area contributed by atoms with Gasteiger partial charge in [-0.05, 0) is 33.2 Å². The molecule has 1 rings (SSSR count). The molecule has 4 nitrogen and oxygen atoms in total. The number of carbonyl (C=O) groups excluding carboxylic acids is 1. The van der Waals surface area contributed by atoms with Crippen molar-refractivity contribution < 1.29 is 9.90 Å². The summed E-state index contributed by atoms with van der Waals surface area (Å²) in [6.07, 6.45) is 1.09. The summed E-state index contributed by atoms with van der Waals surface area (Å²) in [6, 6.07) is 0. The summed E-state index contributed by atoms with van der Waals surface area (Å²) < 4.78 is 0. The van der Waals surface area contributed by atoms with Gasteiger partial charge in [-0.15, -0.1) is 0 Å². The van der Waals surface area contributed by atoms with Crippen molar-refractivity contribution in [1.29, 1.82) is 0 Å². The summed E-state index contributed by atoms with van der Waals surface area (Å²) in [4.78, 5) is 11.4. The maximum absolute atomic E-state index is 11.4. The number of carbonyl (C=O) groups is 1. The Labute approximate surface area is 72.3 Å². The molecule has 4 heteroatoms. The maximum Gasteiger partial charge on any atom is 0.241 e. The number of hydrogen-bond donors (Lipinski definition) is 3. The summed E-state index contributed by atoms with van der Waals surface area (Å²) in [5.74, 6) is -0.116. The highest BCUT2D eigenvalue weighted by molar-refractivity contribution is 5.86. The van der Waals surface area contributed by atoms with E-state index in [0.29, 0.717) is 0 Å². The van der Waals surface area contributed by atoms with Crippen molar-refractivity contribution >= 4 is 5.91 Å². The fourth-order valence-corrected chi connectivity index (χ4v) is 1.44. The van der Waals surface area contributed by atoms with Crippen LogP contribution in [-0.2, 0) is 4.79 Å². The third-order valence-electron chi connectivity index (χ3n) is 2.21. The number of rotatable bonds is 2. The van der Waals surface area contributed by atoms with Gasteiger partial charge in [0.25, 0.3) is 0 Å². The van der Waals surface area contributed by atoms with Gasteiger partial charge in [0.2, 0.25) is 5.91 Å². The quantitative estimate of drug-likeness (QED) is 0.496. The van der Waals surface area contributed by atoms with E-state index in [9.17, 15) is 4.79 Å². The van der Waals surface area contributed by atoms with Crippen molar-refractivity contribution in [1.82, 2.24) is 10.6 Å². The Morgan fingerprint density at radius 3 is 2.83 bits per heavy atom. The first kappa shape index (κ1) is 9.48. The third kappa shape index (κ3) is 1.95. The highest BCUT2D eigenvalue weighted by Gasteiger charge is 2.35. The molecule has 1 saturated heterocycles. The van der Waals surface area contributed by atoms with E-state index in [1.165, 1.54) is 6.92 Å². The first-order valence-corrected chi connectivity index (χ1v) is 4.29. The smallest absolute Gasteiger partial charge is 0.241 e. The Morgan fingerprint density at radius 1 is 1.75 bits per heavy atom. The molecule has 1 fully saturated rings. The largest absolute Gasteiger partial charge is 0.374 e. The molecule has 0 radical (unpaired) electrons. The van der Waals surface area contributed by atoms with Gasteiger partial charge in [0.1, 0.15) is 6.23 Å². The van der Waals surface area contributed by atoms with Crippen LogP contribution in [0.4, 0.5) is 0 Å². The van der Waals surface area contributed by atoms with Crippen molar-refractivity contribution in [2.45, 2.75) is 38.5 Å². The maximum atomic E-state index is 11.4. The molecule has 1 unspecified atom stereocenters. The van der Waals surface area contributed by atoms with E-state index in [-0.39, 0.29) is 5.91 Å². The van der Waals surface area contributed by atoms with Gasteiger partial charge in [-0.25, -0.2) is 0 Å². The zero-order valence-corrected chi connectivity index (χ0v) is 7.55. The molecule has 2 atom stereocenters. The molecule has 0 saturated carbocycles. The summed E-state index contributed by atoms with van der Waals surface area (Å²) in [5, 5.41) is 14.5. The molecule has 70 valence electrons. The monoisotopic (exact) mass is 172 g/mol. The summed E-state index contributed by atoms with van der Waals surface area (Å²) in [7, 11) is 0. The van der Waals surface area contributed by atoms with Gasteiger partial charge in [-0.2, -0.15) is 0 Å². The molecule has 0 aliphatic carbocycles. The standard InChI is InChI=1S/C8H16N2O2/c1-6(11)10-7(12)8(2)4-3-5-9-8/h6,9,11H,3-5H2,1-2H3,(H,10,12)/t6-,8?/m0/s1. The van der Waals surface area contributed by atoms with Crippen molar-refractivity contribution in [3.05, 3.63) is 0 Å². The highest BCUT2D eigenvalue weighted by Crippen LogP contribution is 2.18. The molecule has 1 aliphatic rings. The van der Waals surface area contributed by atoms with Crippen LogP contribution in [0.2, 0.25) is 0 Å². The van der Waals surface area contributed by atoms with Crippen LogP contribution in [0.5, 0.6) is 0 Å². The van der Waals surface area contributed by atoms with Crippen molar-refractivity contribution in [2.24, 2.45) is 0 Å². The Morgan fingerprint density at radius 2 is 2.42 bits per heavy atom. The van der Waals surface area contributed by atoms with E-state index in [2.05, 4.69) is 10.6 Å². The van der Waals surface area contributed by atoms with E-state index in [4.69, 9.17) is 5.11 Å². The molecule has 0 aromatic heterocycles. The molecule has 1 aliphatic heterocycles. The topological polar surface area (TPSA) is 61.4 Å². The Balaban J connectivity index is 2.50. The Bertz CT molecular complexity index is 174. The summed E-state index contributed by atoms with van der Waals surface area (Å²) >= 11 is 0. The number of aliphatic hydroxyl groups excluding tert-OH is 1. The van der Waals surface area contributed by atoms with Gasteiger partial charge >= 0.3 is 0 Å². The average Bonchev–Trinajstić information content (AvgIpc) is 2.36. The van der Waals surface area contributed by atoms with Crippen LogP contribution in [0, 0.1) is 0 Å². The van der Waals surface area contributed by atoms with Gasteiger partial charge in [0, 0.05) is 0 Å². The third-order valence-corrected chi connectivity index (χ3v) is 2.21. The molecular weight excluding hydrogens is 156 g/mol. The normalized spacial score (nSPS) is 31.6. The number of hydrogen-bond acceptors (Lipinski definition) is 3. The van der Waals surface area contributed by atoms with Crippen LogP contribution in [0.15, 0.2) is 0 Å². The van der Waals surface area contributed by atoms with Crippen LogP contribution in [0.1, 0.15) is 26.7 Å². The molecule has 0 spiro atoms. The minimum absolute atomic E-state index is 0.116. The highest BCUT2D eigenvalue weighted by atomic mass is 16.3. The minimum Gasteiger partial charge on any atom is -0.374 e. The minimum atomic E-state index is -0.767. The second-order valence-electron chi connectivity index (χ2n) is 3.51. The molecule has 3 N–H and O–H groups in total. The molecule has 0 aromatic rings. The number of aliphatic hydroxyl groups is 1. The predicted octanol–water partition coefficient (Wildman–Crippen LogP) is -0.417. The number of amides is 1.